The standard InChI is InChI=1S/C14H26O/c1-3-5-7-8-9-10-12-14(13-15)11-6-4-2/h12-13H,3-11H2,1-2H3/b14-12+. The van der Waals surface area contributed by atoms with Gasteiger partial charge in [0.15, 0.2) is 0 Å². The Balaban J connectivity index is 3.48. The minimum atomic E-state index is 0.967. The molecule has 1 nitrogen and oxygen atoms in total. The maximum Gasteiger partial charge on any atom is 0.145 e. The summed E-state index contributed by atoms with van der Waals surface area (Å²) in [7, 11) is 0. The number of carbonyl (C=O) groups excluding carboxylic acids is 1. The summed E-state index contributed by atoms with van der Waals surface area (Å²) in [6.07, 6.45) is 14.1. The van der Waals surface area contributed by atoms with E-state index in [9.17, 15) is 4.79 Å². The zero-order valence-corrected chi connectivity index (χ0v) is 10.4. The summed E-state index contributed by atoms with van der Waals surface area (Å²) in [5.74, 6) is 0. The van der Waals surface area contributed by atoms with Crippen LogP contribution in [0.3, 0.4) is 0 Å². The predicted molar refractivity (Wildman–Crippen MR) is 67.0 cm³/mol. The van der Waals surface area contributed by atoms with E-state index < -0.39 is 0 Å². The van der Waals surface area contributed by atoms with Crippen molar-refractivity contribution in [2.24, 2.45) is 0 Å². The van der Waals surface area contributed by atoms with Crippen molar-refractivity contribution in [1.29, 1.82) is 0 Å². The Morgan fingerprint density at radius 3 is 2.20 bits per heavy atom. The van der Waals surface area contributed by atoms with Crippen LogP contribution in [0.5, 0.6) is 0 Å². The zero-order valence-electron chi connectivity index (χ0n) is 10.4. The van der Waals surface area contributed by atoms with Gasteiger partial charge in [0.05, 0.1) is 0 Å². The van der Waals surface area contributed by atoms with Crippen LogP contribution in [-0.2, 0) is 4.79 Å². The lowest BCUT2D eigenvalue weighted by Gasteiger charge is -1.99. The van der Waals surface area contributed by atoms with Crippen LogP contribution in [-0.4, -0.2) is 6.29 Å². The Labute approximate surface area is 95.0 Å². The summed E-state index contributed by atoms with van der Waals surface area (Å²) in [6, 6.07) is 0. The molecule has 0 fully saturated rings. The van der Waals surface area contributed by atoms with Gasteiger partial charge in [0.25, 0.3) is 0 Å². The maximum absolute atomic E-state index is 10.7. The number of aldehydes is 1. The summed E-state index contributed by atoms with van der Waals surface area (Å²) < 4.78 is 0. The van der Waals surface area contributed by atoms with Gasteiger partial charge in [-0.15, -0.1) is 0 Å². The van der Waals surface area contributed by atoms with Crippen LogP contribution in [0, 0.1) is 0 Å². The number of hydrogen-bond acceptors (Lipinski definition) is 1. The van der Waals surface area contributed by atoms with Crippen molar-refractivity contribution in [2.45, 2.75) is 71.6 Å². The average Bonchev–Trinajstić information content (AvgIpc) is 2.27. The fourth-order valence-electron chi connectivity index (χ4n) is 1.63. The molecule has 0 amide bonds. The third-order valence-electron chi connectivity index (χ3n) is 2.68. The van der Waals surface area contributed by atoms with E-state index in [1.165, 1.54) is 38.5 Å². The molecule has 0 saturated heterocycles. The van der Waals surface area contributed by atoms with Gasteiger partial charge in [-0.3, -0.25) is 4.79 Å². The minimum Gasteiger partial charge on any atom is -0.298 e. The van der Waals surface area contributed by atoms with Crippen molar-refractivity contribution in [1.82, 2.24) is 0 Å². The lowest BCUT2D eigenvalue weighted by atomic mass is 10.1. The minimum absolute atomic E-state index is 0.967. The molecule has 0 spiro atoms. The van der Waals surface area contributed by atoms with E-state index in [4.69, 9.17) is 0 Å². The molecule has 1 heteroatoms. The second-order valence-corrected chi connectivity index (χ2v) is 4.20. The van der Waals surface area contributed by atoms with Crippen molar-refractivity contribution in [2.75, 3.05) is 0 Å². The van der Waals surface area contributed by atoms with E-state index in [-0.39, 0.29) is 0 Å². The summed E-state index contributed by atoms with van der Waals surface area (Å²) in [4.78, 5) is 10.7. The largest absolute Gasteiger partial charge is 0.298 e. The quantitative estimate of drug-likeness (QED) is 0.291. The molecule has 0 aromatic carbocycles. The van der Waals surface area contributed by atoms with E-state index in [1.807, 2.05) is 0 Å². The van der Waals surface area contributed by atoms with Gasteiger partial charge in [-0.25, -0.2) is 0 Å². The van der Waals surface area contributed by atoms with Gasteiger partial charge in [0, 0.05) is 0 Å². The molecule has 15 heavy (non-hydrogen) atoms. The lowest BCUT2D eigenvalue weighted by molar-refractivity contribution is -0.105. The topological polar surface area (TPSA) is 17.1 Å². The summed E-state index contributed by atoms with van der Waals surface area (Å²) in [6.45, 7) is 4.39. The smallest absolute Gasteiger partial charge is 0.145 e. The predicted octanol–water partition coefficient (Wildman–Crippen LogP) is 4.66. The van der Waals surface area contributed by atoms with Crippen LogP contribution in [0.1, 0.15) is 71.6 Å². The van der Waals surface area contributed by atoms with Gasteiger partial charge in [-0.05, 0) is 31.3 Å². The Hall–Kier alpha value is -0.590. The van der Waals surface area contributed by atoms with Gasteiger partial charge in [-0.1, -0.05) is 52.0 Å². The molecule has 0 N–H and O–H groups in total. The molecule has 0 rings (SSSR count). The first kappa shape index (κ1) is 14.4. The van der Waals surface area contributed by atoms with Crippen LogP contribution < -0.4 is 0 Å². The van der Waals surface area contributed by atoms with Crippen molar-refractivity contribution < 1.29 is 4.79 Å². The highest BCUT2D eigenvalue weighted by atomic mass is 16.1. The van der Waals surface area contributed by atoms with E-state index in [2.05, 4.69) is 19.9 Å². The molecular weight excluding hydrogens is 184 g/mol. The molecule has 0 unspecified atom stereocenters. The van der Waals surface area contributed by atoms with Crippen LogP contribution >= 0.6 is 0 Å². The third kappa shape index (κ3) is 9.71. The number of unbranched alkanes of at least 4 members (excludes halogenated alkanes) is 6. The molecular formula is C14H26O. The second kappa shape index (κ2) is 11.5. The van der Waals surface area contributed by atoms with Crippen LogP contribution in [0.25, 0.3) is 0 Å². The zero-order chi connectivity index (χ0) is 11.4. The summed E-state index contributed by atoms with van der Waals surface area (Å²) in [5, 5.41) is 0. The molecule has 0 atom stereocenters. The fourth-order valence-corrected chi connectivity index (χ4v) is 1.63. The lowest BCUT2D eigenvalue weighted by Crippen LogP contribution is -1.86. The van der Waals surface area contributed by atoms with E-state index in [0.717, 1.165) is 31.1 Å². The van der Waals surface area contributed by atoms with Gasteiger partial charge >= 0.3 is 0 Å². The SMILES string of the molecule is CCCCCCC/C=C(/C=O)CCCC. The molecule has 0 aliphatic heterocycles. The number of carbonyl (C=O) groups is 1. The van der Waals surface area contributed by atoms with Crippen molar-refractivity contribution in [3.05, 3.63) is 11.6 Å². The molecule has 0 aromatic rings. The average molecular weight is 210 g/mol. The van der Waals surface area contributed by atoms with Crippen LogP contribution in [0.15, 0.2) is 11.6 Å². The molecule has 88 valence electrons. The van der Waals surface area contributed by atoms with Crippen molar-refractivity contribution in [3.63, 3.8) is 0 Å². The van der Waals surface area contributed by atoms with Gasteiger partial charge in [0.1, 0.15) is 6.29 Å². The first-order chi connectivity index (χ1) is 7.35. The first-order valence-electron chi connectivity index (χ1n) is 6.49. The van der Waals surface area contributed by atoms with Gasteiger partial charge < -0.3 is 0 Å². The van der Waals surface area contributed by atoms with Gasteiger partial charge in [-0.2, -0.15) is 0 Å². The maximum atomic E-state index is 10.7. The molecule has 0 saturated carbocycles. The fraction of sp³-hybridized carbons (Fsp3) is 0.786. The third-order valence-corrected chi connectivity index (χ3v) is 2.68. The molecule has 0 radical (unpaired) electrons. The number of allylic oxidation sites excluding steroid dienone is 2. The highest BCUT2D eigenvalue weighted by Crippen LogP contribution is 2.09. The molecule has 0 bridgehead atoms. The van der Waals surface area contributed by atoms with Crippen molar-refractivity contribution >= 4 is 6.29 Å². The van der Waals surface area contributed by atoms with E-state index >= 15 is 0 Å². The van der Waals surface area contributed by atoms with Gasteiger partial charge in [0.2, 0.25) is 0 Å². The Bertz CT molecular complexity index is 170. The first-order valence-corrected chi connectivity index (χ1v) is 6.49. The number of rotatable bonds is 10. The highest BCUT2D eigenvalue weighted by molar-refractivity contribution is 5.72. The van der Waals surface area contributed by atoms with Crippen LogP contribution in [0.4, 0.5) is 0 Å². The Morgan fingerprint density at radius 2 is 1.60 bits per heavy atom. The van der Waals surface area contributed by atoms with E-state index in [0.29, 0.717) is 0 Å². The summed E-state index contributed by atoms with van der Waals surface area (Å²) >= 11 is 0. The molecule has 0 aromatic heterocycles. The highest BCUT2D eigenvalue weighted by Gasteiger charge is 1.94. The van der Waals surface area contributed by atoms with E-state index in [1.54, 1.807) is 0 Å². The monoisotopic (exact) mass is 210 g/mol. The Morgan fingerprint density at radius 1 is 0.933 bits per heavy atom. The Kier molecular flexibility index (Phi) is 11.0. The second-order valence-electron chi connectivity index (χ2n) is 4.20. The van der Waals surface area contributed by atoms with Crippen LogP contribution in [0.2, 0.25) is 0 Å². The van der Waals surface area contributed by atoms with Crippen molar-refractivity contribution in [3.8, 4) is 0 Å². The normalized spacial score (nSPS) is 11.7. The molecule has 0 aliphatic carbocycles. The molecule has 0 heterocycles. The molecule has 0 aliphatic rings. The summed E-state index contributed by atoms with van der Waals surface area (Å²) in [5.41, 5.74) is 1.01. The number of hydrogen-bond donors (Lipinski definition) is 0.